The lowest BCUT2D eigenvalue weighted by molar-refractivity contribution is -0.384. The van der Waals surface area contributed by atoms with Gasteiger partial charge in [-0.15, -0.1) is 0 Å². The van der Waals surface area contributed by atoms with E-state index in [9.17, 15) is 14.9 Å². The number of carbonyl (C=O) groups is 1. The third kappa shape index (κ3) is 6.08. The second kappa shape index (κ2) is 9.70. The molecule has 168 valence electrons. The number of hydrogen-bond acceptors (Lipinski definition) is 6. The zero-order valence-electron chi connectivity index (χ0n) is 17.7. The van der Waals surface area contributed by atoms with Crippen LogP contribution in [0.2, 0.25) is 5.15 Å². The molecule has 32 heavy (non-hydrogen) atoms. The summed E-state index contributed by atoms with van der Waals surface area (Å²) in [5.41, 5.74) is 1.83. The molecule has 0 aliphatic carbocycles. The van der Waals surface area contributed by atoms with Gasteiger partial charge in [-0.05, 0) is 50.1 Å². The van der Waals surface area contributed by atoms with Crippen molar-refractivity contribution in [3.63, 3.8) is 0 Å². The molecule has 0 aliphatic rings. The van der Waals surface area contributed by atoms with E-state index in [-0.39, 0.29) is 10.8 Å². The molecule has 1 heterocycles. The van der Waals surface area contributed by atoms with E-state index in [1.54, 1.807) is 39.0 Å². The molecule has 0 saturated carbocycles. The number of nitro groups is 1. The molecule has 0 atom stereocenters. The van der Waals surface area contributed by atoms with Crippen LogP contribution in [0.4, 0.5) is 16.2 Å². The summed E-state index contributed by atoms with van der Waals surface area (Å²) in [5, 5.41) is 17.9. The van der Waals surface area contributed by atoms with E-state index in [2.05, 4.69) is 31.5 Å². The zero-order valence-corrected chi connectivity index (χ0v) is 20.1. The Labute approximate surface area is 198 Å². The summed E-state index contributed by atoms with van der Waals surface area (Å²) in [4.78, 5) is 27.0. The van der Waals surface area contributed by atoms with Crippen molar-refractivity contribution in [3.05, 3.63) is 73.3 Å². The highest BCUT2D eigenvalue weighted by atomic mass is 79.9. The van der Waals surface area contributed by atoms with Gasteiger partial charge in [0.2, 0.25) is 5.15 Å². The van der Waals surface area contributed by atoms with E-state index >= 15 is 0 Å². The number of pyridine rings is 1. The molecule has 0 aliphatic heterocycles. The van der Waals surface area contributed by atoms with E-state index in [4.69, 9.17) is 16.3 Å². The maximum absolute atomic E-state index is 11.8. The number of fused-ring (bicyclic) bond motifs is 1. The number of anilines is 1. The first-order valence-corrected chi connectivity index (χ1v) is 10.9. The molecule has 3 aromatic rings. The summed E-state index contributed by atoms with van der Waals surface area (Å²) in [5.74, 6) is 0. The SMILES string of the molecule is CC(C)(C)OC(=O)NCc1ccc(CNc2c([N+](=O)[O-])c(Cl)nc3cc(Br)ccc23)cc1. The number of rotatable bonds is 6. The Morgan fingerprint density at radius 2 is 1.78 bits per heavy atom. The third-order valence-corrected chi connectivity index (χ3v) is 5.15. The van der Waals surface area contributed by atoms with E-state index in [0.29, 0.717) is 29.7 Å². The van der Waals surface area contributed by atoms with Crippen LogP contribution in [-0.4, -0.2) is 21.6 Å². The molecule has 2 aromatic carbocycles. The Morgan fingerprint density at radius 3 is 2.38 bits per heavy atom. The highest BCUT2D eigenvalue weighted by Crippen LogP contribution is 2.38. The van der Waals surface area contributed by atoms with Gasteiger partial charge in [0.1, 0.15) is 11.3 Å². The lowest BCUT2D eigenvalue weighted by atomic mass is 10.1. The molecule has 3 rings (SSSR count). The number of nitrogens with zero attached hydrogens (tertiary/aromatic N) is 2. The second-order valence-electron chi connectivity index (χ2n) is 8.07. The number of aromatic nitrogens is 1. The van der Waals surface area contributed by atoms with Crippen LogP contribution in [0.1, 0.15) is 31.9 Å². The zero-order chi connectivity index (χ0) is 23.5. The molecule has 1 amide bonds. The Hall–Kier alpha value is -2.91. The van der Waals surface area contributed by atoms with Crippen LogP contribution in [0.3, 0.4) is 0 Å². The molecule has 10 heteroatoms. The summed E-state index contributed by atoms with van der Waals surface area (Å²) in [6.07, 6.45) is -0.483. The molecule has 0 radical (unpaired) electrons. The Bertz CT molecular complexity index is 1160. The average Bonchev–Trinajstić information content (AvgIpc) is 2.69. The molecule has 1 aromatic heterocycles. The van der Waals surface area contributed by atoms with Crippen molar-refractivity contribution in [2.45, 2.75) is 39.5 Å². The van der Waals surface area contributed by atoms with Gasteiger partial charge in [-0.3, -0.25) is 10.1 Å². The predicted molar refractivity (Wildman–Crippen MR) is 128 cm³/mol. The van der Waals surface area contributed by atoms with E-state index in [0.717, 1.165) is 15.6 Å². The monoisotopic (exact) mass is 520 g/mol. The highest BCUT2D eigenvalue weighted by Gasteiger charge is 2.24. The van der Waals surface area contributed by atoms with Crippen LogP contribution in [0, 0.1) is 10.1 Å². The number of hydrogen-bond donors (Lipinski definition) is 2. The van der Waals surface area contributed by atoms with Gasteiger partial charge in [0, 0.05) is 22.9 Å². The van der Waals surface area contributed by atoms with Gasteiger partial charge in [0.25, 0.3) is 0 Å². The van der Waals surface area contributed by atoms with Crippen LogP contribution in [0.25, 0.3) is 10.9 Å². The van der Waals surface area contributed by atoms with Crippen LogP contribution in [0.5, 0.6) is 0 Å². The van der Waals surface area contributed by atoms with Crippen LogP contribution >= 0.6 is 27.5 Å². The summed E-state index contributed by atoms with van der Waals surface area (Å²) < 4.78 is 6.01. The lowest BCUT2D eigenvalue weighted by Gasteiger charge is -2.19. The van der Waals surface area contributed by atoms with Gasteiger partial charge in [0.05, 0.1) is 10.4 Å². The number of alkyl carbamates (subject to hydrolysis) is 1. The molecule has 0 bridgehead atoms. The summed E-state index contributed by atoms with van der Waals surface area (Å²) in [7, 11) is 0. The first-order chi connectivity index (χ1) is 15.0. The highest BCUT2D eigenvalue weighted by molar-refractivity contribution is 9.10. The van der Waals surface area contributed by atoms with Crippen molar-refractivity contribution < 1.29 is 14.5 Å². The molecular formula is C22H22BrClN4O4. The lowest BCUT2D eigenvalue weighted by Crippen LogP contribution is -2.32. The van der Waals surface area contributed by atoms with Gasteiger partial charge in [-0.1, -0.05) is 51.8 Å². The predicted octanol–water partition coefficient (Wildman–Crippen LogP) is 6.20. The summed E-state index contributed by atoms with van der Waals surface area (Å²) in [6, 6.07) is 12.8. The van der Waals surface area contributed by atoms with Crippen molar-refractivity contribution in [3.8, 4) is 0 Å². The number of carbonyl (C=O) groups excluding carboxylic acids is 1. The minimum absolute atomic E-state index is 0.174. The topological polar surface area (TPSA) is 106 Å². The Morgan fingerprint density at radius 1 is 1.16 bits per heavy atom. The normalized spacial score (nSPS) is 11.3. The van der Waals surface area contributed by atoms with E-state index in [1.807, 2.05) is 24.3 Å². The van der Waals surface area contributed by atoms with Gasteiger partial charge in [-0.2, -0.15) is 0 Å². The van der Waals surface area contributed by atoms with E-state index < -0.39 is 16.6 Å². The van der Waals surface area contributed by atoms with Crippen molar-refractivity contribution in [1.29, 1.82) is 0 Å². The van der Waals surface area contributed by atoms with Crippen molar-refractivity contribution >= 4 is 55.9 Å². The molecular weight excluding hydrogens is 500 g/mol. The largest absolute Gasteiger partial charge is 0.444 e. The van der Waals surface area contributed by atoms with Gasteiger partial charge in [0.15, 0.2) is 0 Å². The number of halogens is 2. The fraction of sp³-hybridized carbons (Fsp3) is 0.273. The molecule has 0 fully saturated rings. The quantitative estimate of drug-likeness (QED) is 0.227. The molecule has 0 unspecified atom stereocenters. The van der Waals surface area contributed by atoms with Gasteiger partial charge >= 0.3 is 11.8 Å². The fourth-order valence-corrected chi connectivity index (χ4v) is 3.60. The molecule has 0 spiro atoms. The van der Waals surface area contributed by atoms with Crippen LogP contribution in [0.15, 0.2) is 46.9 Å². The minimum atomic E-state index is -0.557. The smallest absolute Gasteiger partial charge is 0.407 e. The minimum Gasteiger partial charge on any atom is -0.444 e. The van der Waals surface area contributed by atoms with Crippen LogP contribution in [-0.2, 0) is 17.8 Å². The first kappa shape index (κ1) is 23.7. The maximum Gasteiger partial charge on any atom is 0.407 e. The van der Waals surface area contributed by atoms with Crippen molar-refractivity contribution in [2.24, 2.45) is 0 Å². The number of nitrogens with one attached hydrogen (secondary N) is 2. The first-order valence-electron chi connectivity index (χ1n) is 9.75. The average molecular weight is 522 g/mol. The van der Waals surface area contributed by atoms with Gasteiger partial charge in [-0.25, -0.2) is 9.78 Å². The Kier molecular flexibility index (Phi) is 7.20. The van der Waals surface area contributed by atoms with Crippen molar-refractivity contribution in [2.75, 3.05) is 5.32 Å². The number of amides is 1. The molecule has 2 N–H and O–H groups in total. The standard InChI is InChI=1S/C22H22BrClN4O4/c1-22(2,3)32-21(29)26-12-14-6-4-13(5-7-14)11-25-18-16-9-8-15(23)10-17(16)27-20(24)19(18)28(30)31/h4-10H,11-12H2,1-3H3,(H,25,27)(H,26,29). The number of benzene rings is 2. The number of ether oxygens (including phenoxy) is 1. The van der Waals surface area contributed by atoms with E-state index in [1.165, 1.54) is 0 Å². The molecule has 8 nitrogen and oxygen atoms in total. The summed E-state index contributed by atoms with van der Waals surface area (Å²) in [6.45, 7) is 6.07. The van der Waals surface area contributed by atoms with Crippen molar-refractivity contribution in [1.82, 2.24) is 10.3 Å². The molecule has 0 saturated heterocycles. The maximum atomic E-state index is 11.8. The second-order valence-corrected chi connectivity index (χ2v) is 9.34. The summed E-state index contributed by atoms with van der Waals surface area (Å²) >= 11 is 9.48. The fourth-order valence-electron chi connectivity index (χ4n) is 3.00. The Balaban J connectivity index is 1.74. The third-order valence-electron chi connectivity index (χ3n) is 4.39. The van der Waals surface area contributed by atoms with Gasteiger partial charge < -0.3 is 15.4 Å². The van der Waals surface area contributed by atoms with Crippen LogP contribution < -0.4 is 10.6 Å².